The van der Waals surface area contributed by atoms with Crippen LogP contribution in [0.25, 0.3) is 44.2 Å². The molecular formula is C56H53N. The molecule has 3 atom stereocenters. The number of nitrogens with zero attached hydrogens (tertiary/aromatic N) is 1. The molecule has 0 spiro atoms. The van der Waals surface area contributed by atoms with E-state index in [9.17, 15) is 0 Å². The molecule has 2 bridgehead atoms. The first-order valence-electron chi connectivity index (χ1n) is 21.9. The number of hydrogen-bond acceptors (Lipinski definition) is 1. The van der Waals surface area contributed by atoms with E-state index in [0.29, 0.717) is 5.92 Å². The van der Waals surface area contributed by atoms with Crippen molar-refractivity contribution in [3.8, 4) is 33.4 Å². The molecule has 7 aromatic rings. The molecule has 1 heteroatoms. The first-order valence-corrected chi connectivity index (χ1v) is 21.9. The van der Waals surface area contributed by atoms with Gasteiger partial charge in [-0.2, -0.15) is 0 Å². The summed E-state index contributed by atoms with van der Waals surface area (Å²) in [6, 6.07) is 58.2. The fourth-order valence-electron chi connectivity index (χ4n) is 11.8. The number of fused-ring (bicyclic) bond motifs is 6. The van der Waals surface area contributed by atoms with E-state index in [-0.39, 0.29) is 5.41 Å². The zero-order chi connectivity index (χ0) is 38.1. The second-order valence-corrected chi connectivity index (χ2v) is 18.3. The predicted molar refractivity (Wildman–Crippen MR) is 241 cm³/mol. The summed E-state index contributed by atoms with van der Waals surface area (Å²) in [5, 5.41) is 2.59. The lowest BCUT2D eigenvalue weighted by atomic mass is 9.81. The molecule has 0 radical (unpaired) electrons. The van der Waals surface area contributed by atoms with E-state index in [0.717, 1.165) is 17.8 Å². The van der Waals surface area contributed by atoms with E-state index in [1.807, 2.05) is 0 Å². The molecule has 0 aromatic heterocycles. The van der Waals surface area contributed by atoms with E-state index in [2.05, 4.69) is 170 Å². The summed E-state index contributed by atoms with van der Waals surface area (Å²) < 4.78 is 0. The number of benzene rings is 7. The lowest BCUT2D eigenvalue weighted by molar-refractivity contribution is 0.420. The summed E-state index contributed by atoms with van der Waals surface area (Å²) in [4.78, 5) is 2.53. The van der Waals surface area contributed by atoms with Crippen molar-refractivity contribution in [1.82, 2.24) is 0 Å². The fraction of sp³-hybridized carbons (Fsp3) is 0.286. The summed E-state index contributed by atoms with van der Waals surface area (Å²) in [6.45, 7) is 4.84. The largest absolute Gasteiger partial charge is 0.310 e. The van der Waals surface area contributed by atoms with E-state index >= 15 is 0 Å². The topological polar surface area (TPSA) is 3.24 Å². The van der Waals surface area contributed by atoms with E-state index < -0.39 is 0 Å². The Kier molecular flexibility index (Phi) is 8.50. The molecule has 11 rings (SSSR count). The van der Waals surface area contributed by atoms with Crippen LogP contribution in [-0.2, 0) is 5.41 Å². The van der Waals surface area contributed by atoms with Gasteiger partial charge in [-0.15, -0.1) is 0 Å². The standard InChI is InChI=1S/C56H53N/c1-56(2)54-35-43(50-21-11-15-39-14-6-7-18-48(39)50)26-30-51(54)52-31-29-46(36-55(52)56)57(44-27-24-40(25-28-44)53-33-37-22-23-42(53)32-37)45-17-10-16-41(34-45)49-20-9-8-19-47(49)38-12-4-3-5-13-38/h6-11,14-21,24-31,34-38,42,53H,3-5,12-13,22-23,32-33H2,1-2H3. The number of hydrogen-bond donors (Lipinski definition) is 0. The van der Waals surface area contributed by atoms with Gasteiger partial charge >= 0.3 is 0 Å². The van der Waals surface area contributed by atoms with Crippen molar-refractivity contribution < 1.29 is 0 Å². The van der Waals surface area contributed by atoms with Crippen LogP contribution in [0, 0.1) is 11.8 Å². The summed E-state index contributed by atoms with van der Waals surface area (Å²) in [6.07, 6.45) is 12.3. The minimum atomic E-state index is -0.153. The highest BCUT2D eigenvalue weighted by Crippen LogP contribution is 2.54. The van der Waals surface area contributed by atoms with Crippen molar-refractivity contribution >= 4 is 27.8 Å². The molecule has 3 saturated carbocycles. The van der Waals surface area contributed by atoms with Crippen molar-refractivity contribution in [3.05, 3.63) is 174 Å². The van der Waals surface area contributed by atoms with Crippen LogP contribution in [0.1, 0.15) is 106 Å². The first kappa shape index (κ1) is 34.8. The Labute approximate surface area is 339 Å². The van der Waals surface area contributed by atoms with Crippen LogP contribution < -0.4 is 4.90 Å². The van der Waals surface area contributed by atoms with Crippen LogP contribution in [-0.4, -0.2) is 0 Å². The lowest BCUT2D eigenvalue weighted by Crippen LogP contribution is -2.17. The highest BCUT2D eigenvalue weighted by molar-refractivity contribution is 5.98. The van der Waals surface area contributed by atoms with Gasteiger partial charge in [-0.25, -0.2) is 0 Å². The highest BCUT2D eigenvalue weighted by Gasteiger charge is 2.40. The second-order valence-electron chi connectivity index (χ2n) is 18.3. The van der Waals surface area contributed by atoms with Gasteiger partial charge < -0.3 is 4.90 Å². The van der Waals surface area contributed by atoms with Gasteiger partial charge in [0.1, 0.15) is 0 Å². The molecule has 7 aromatic carbocycles. The van der Waals surface area contributed by atoms with Crippen molar-refractivity contribution in [3.63, 3.8) is 0 Å². The highest BCUT2D eigenvalue weighted by atomic mass is 15.1. The molecule has 4 aliphatic rings. The summed E-state index contributed by atoms with van der Waals surface area (Å²) in [5.74, 6) is 3.19. The van der Waals surface area contributed by atoms with Gasteiger partial charge in [-0.3, -0.25) is 0 Å². The maximum atomic E-state index is 2.53. The Bertz CT molecular complexity index is 2620. The molecule has 3 unspecified atom stereocenters. The first-order chi connectivity index (χ1) is 28.0. The minimum absolute atomic E-state index is 0.153. The van der Waals surface area contributed by atoms with Crippen molar-refractivity contribution in [1.29, 1.82) is 0 Å². The summed E-state index contributed by atoms with van der Waals surface area (Å²) >= 11 is 0. The van der Waals surface area contributed by atoms with Gasteiger partial charge in [0.25, 0.3) is 0 Å². The molecule has 1 nitrogen and oxygen atoms in total. The number of anilines is 3. The summed E-state index contributed by atoms with van der Waals surface area (Å²) in [7, 11) is 0. The maximum absolute atomic E-state index is 2.53. The smallest absolute Gasteiger partial charge is 0.0467 e. The quantitative estimate of drug-likeness (QED) is 0.157. The molecule has 57 heavy (non-hydrogen) atoms. The maximum Gasteiger partial charge on any atom is 0.0467 e. The molecule has 0 amide bonds. The van der Waals surface area contributed by atoms with Gasteiger partial charge in [-0.05, 0) is 165 Å². The van der Waals surface area contributed by atoms with Crippen molar-refractivity contribution in [2.45, 2.75) is 88.9 Å². The van der Waals surface area contributed by atoms with Gasteiger partial charge in [0.15, 0.2) is 0 Å². The third-order valence-electron chi connectivity index (χ3n) is 14.8. The van der Waals surface area contributed by atoms with Gasteiger partial charge in [-0.1, -0.05) is 149 Å². The van der Waals surface area contributed by atoms with E-state index in [4.69, 9.17) is 0 Å². The van der Waals surface area contributed by atoms with E-state index in [1.165, 1.54) is 141 Å². The fourth-order valence-corrected chi connectivity index (χ4v) is 11.8. The van der Waals surface area contributed by atoms with E-state index in [1.54, 1.807) is 0 Å². The van der Waals surface area contributed by atoms with Crippen LogP contribution in [0.4, 0.5) is 17.1 Å². The lowest BCUT2D eigenvalue weighted by Gasteiger charge is -2.29. The molecule has 4 aliphatic carbocycles. The zero-order valence-corrected chi connectivity index (χ0v) is 33.6. The molecule has 0 aliphatic heterocycles. The predicted octanol–water partition coefficient (Wildman–Crippen LogP) is 15.9. The van der Waals surface area contributed by atoms with Crippen LogP contribution in [0.5, 0.6) is 0 Å². The summed E-state index contributed by atoms with van der Waals surface area (Å²) in [5.41, 5.74) is 17.4. The molecule has 282 valence electrons. The number of rotatable bonds is 7. The average molecular weight is 740 g/mol. The van der Waals surface area contributed by atoms with Crippen LogP contribution in [0.15, 0.2) is 152 Å². The third kappa shape index (κ3) is 5.96. The molecular weight excluding hydrogens is 687 g/mol. The van der Waals surface area contributed by atoms with Crippen LogP contribution >= 0.6 is 0 Å². The Hall–Kier alpha value is -5.40. The Morgan fingerprint density at radius 2 is 1.18 bits per heavy atom. The monoisotopic (exact) mass is 739 g/mol. The SMILES string of the molecule is CC1(C)c2cc(-c3cccc4ccccc34)ccc2-c2ccc(N(c3ccc(C4CC5CCC4C5)cc3)c3cccc(-c4ccccc4C4CCCCC4)c3)cc21. The Balaban J connectivity index is 1.01. The van der Waals surface area contributed by atoms with Crippen LogP contribution in [0.2, 0.25) is 0 Å². The molecule has 0 N–H and O–H groups in total. The molecule has 0 saturated heterocycles. The van der Waals surface area contributed by atoms with Gasteiger partial charge in [0, 0.05) is 22.5 Å². The van der Waals surface area contributed by atoms with Crippen molar-refractivity contribution in [2.24, 2.45) is 11.8 Å². The van der Waals surface area contributed by atoms with Crippen molar-refractivity contribution in [2.75, 3.05) is 4.90 Å². The minimum Gasteiger partial charge on any atom is -0.310 e. The van der Waals surface area contributed by atoms with Gasteiger partial charge in [0.05, 0.1) is 0 Å². The Morgan fingerprint density at radius 1 is 0.491 bits per heavy atom. The molecule has 3 fully saturated rings. The van der Waals surface area contributed by atoms with Crippen LogP contribution in [0.3, 0.4) is 0 Å². The Morgan fingerprint density at radius 3 is 2.00 bits per heavy atom. The normalized spacial score (nSPS) is 20.8. The zero-order valence-electron chi connectivity index (χ0n) is 33.6. The average Bonchev–Trinajstić information content (AvgIpc) is 3.97. The third-order valence-corrected chi connectivity index (χ3v) is 14.8. The molecule has 0 heterocycles. The second kappa shape index (κ2) is 13.9. The van der Waals surface area contributed by atoms with Gasteiger partial charge in [0.2, 0.25) is 0 Å².